The van der Waals surface area contributed by atoms with Gasteiger partial charge in [-0.15, -0.1) is 12.6 Å². The molecule has 6 aromatic rings. The molecule has 0 heterocycles. The fraction of sp³-hybridized carbons (Fsp3) is 0.417. The van der Waals surface area contributed by atoms with Crippen LogP contribution in [0.15, 0.2) is 77.7 Å². The SMILES string of the molecule is CC.CC.CC.CC.CCc1cc(C(C)(C)C)ccc1-c1cc2ccc(S)c3c(-c4ccc(C(C)(C)C)cc4C)cc4ccc(C)c1c4c23. The average molecular weight is 675 g/mol. The van der Waals surface area contributed by atoms with Crippen LogP contribution in [0, 0.1) is 13.8 Å². The molecule has 0 aliphatic heterocycles. The Morgan fingerprint density at radius 1 is 0.449 bits per heavy atom. The van der Waals surface area contributed by atoms with Gasteiger partial charge in [0.1, 0.15) is 0 Å². The third-order valence-corrected chi connectivity index (χ3v) is 9.45. The van der Waals surface area contributed by atoms with E-state index in [9.17, 15) is 0 Å². The largest absolute Gasteiger partial charge is 0.143 e. The van der Waals surface area contributed by atoms with Crippen molar-refractivity contribution in [3.8, 4) is 22.3 Å². The molecule has 0 saturated carbocycles. The van der Waals surface area contributed by atoms with Crippen molar-refractivity contribution in [2.45, 2.75) is 140 Å². The number of hydrogen-bond acceptors (Lipinski definition) is 1. The van der Waals surface area contributed by atoms with E-state index < -0.39 is 0 Å². The van der Waals surface area contributed by atoms with Crippen LogP contribution in [-0.2, 0) is 17.3 Å². The second kappa shape index (κ2) is 17.6. The summed E-state index contributed by atoms with van der Waals surface area (Å²) in [7, 11) is 0. The van der Waals surface area contributed by atoms with Gasteiger partial charge in [0.05, 0.1) is 0 Å². The zero-order valence-electron chi connectivity index (χ0n) is 34.1. The number of thiol groups is 1. The summed E-state index contributed by atoms with van der Waals surface area (Å²) in [6, 6.07) is 28.1. The summed E-state index contributed by atoms with van der Waals surface area (Å²) < 4.78 is 0. The van der Waals surface area contributed by atoms with E-state index in [0.29, 0.717) is 0 Å². The summed E-state index contributed by atoms with van der Waals surface area (Å²) in [6.45, 7) is 36.5. The van der Waals surface area contributed by atoms with Gasteiger partial charge in [0.25, 0.3) is 0 Å². The van der Waals surface area contributed by atoms with Crippen LogP contribution in [0.5, 0.6) is 0 Å². The lowest BCUT2D eigenvalue weighted by molar-refractivity contribution is 0.589. The van der Waals surface area contributed by atoms with E-state index in [0.717, 1.165) is 11.3 Å². The molecule has 0 nitrogen and oxygen atoms in total. The molecule has 0 spiro atoms. The minimum Gasteiger partial charge on any atom is -0.143 e. The molecular formula is C48H66S. The van der Waals surface area contributed by atoms with Crippen LogP contribution in [0.2, 0.25) is 0 Å². The van der Waals surface area contributed by atoms with Crippen molar-refractivity contribution < 1.29 is 0 Å². The van der Waals surface area contributed by atoms with E-state index in [1.165, 1.54) is 82.4 Å². The molecule has 0 amide bonds. The van der Waals surface area contributed by atoms with Gasteiger partial charge in [0.2, 0.25) is 0 Å². The number of rotatable bonds is 3. The molecule has 0 fully saturated rings. The minimum atomic E-state index is 0.119. The van der Waals surface area contributed by atoms with Gasteiger partial charge in [-0.05, 0) is 126 Å². The highest BCUT2D eigenvalue weighted by Gasteiger charge is 2.23. The van der Waals surface area contributed by atoms with Gasteiger partial charge in [-0.25, -0.2) is 0 Å². The molecule has 0 aliphatic rings. The molecule has 0 saturated heterocycles. The molecule has 0 atom stereocenters. The maximum Gasteiger partial charge on any atom is 0.0125 e. The van der Waals surface area contributed by atoms with Crippen molar-refractivity contribution in [1.82, 2.24) is 0 Å². The Kier molecular flexibility index (Phi) is 15.0. The van der Waals surface area contributed by atoms with E-state index in [1.807, 2.05) is 55.4 Å². The van der Waals surface area contributed by atoms with E-state index in [2.05, 4.69) is 135 Å². The van der Waals surface area contributed by atoms with Gasteiger partial charge in [-0.1, -0.05) is 158 Å². The number of benzene rings is 6. The normalized spacial score (nSPS) is 11.1. The van der Waals surface area contributed by atoms with Crippen LogP contribution in [-0.4, -0.2) is 0 Å². The van der Waals surface area contributed by atoms with Crippen molar-refractivity contribution in [3.05, 3.63) is 101 Å². The van der Waals surface area contributed by atoms with Crippen molar-refractivity contribution in [3.63, 3.8) is 0 Å². The lowest BCUT2D eigenvalue weighted by Gasteiger charge is -2.24. The lowest BCUT2D eigenvalue weighted by atomic mass is 9.80. The Hall–Kier alpha value is -3.29. The second-order valence-corrected chi connectivity index (χ2v) is 14.5. The van der Waals surface area contributed by atoms with Crippen LogP contribution < -0.4 is 0 Å². The first kappa shape index (κ1) is 41.9. The van der Waals surface area contributed by atoms with E-state index in [4.69, 9.17) is 12.6 Å². The van der Waals surface area contributed by atoms with E-state index in [1.54, 1.807) is 0 Å². The van der Waals surface area contributed by atoms with Crippen LogP contribution in [0.1, 0.15) is 132 Å². The topological polar surface area (TPSA) is 0 Å². The zero-order chi connectivity index (χ0) is 37.4. The van der Waals surface area contributed by atoms with Crippen molar-refractivity contribution in [2.75, 3.05) is 0 Å². The van der Waals surface area contributed by atoms with Crippen LogP contribution >= 0.6 is 12.6 Å². The Labute approximate surface area is 306 Å². The Balaban J connectivity index is 0.000000973. The van der Waals surface area contributed by atoms with Crippen molar-refractivity contribution in [1.29, 1.82) is 0 Å². The molecule has 0 unspecified atom stereocenters. The maximum absolute atomic E-state index is 5.07. The molecule has 6 aromatic carbocycles. The quantitative estimate of drug-likeness (QED) is 0.140. The molecule has 0 radical (unpaired) electrons. The highest BCUT2D eigenvalue weighted by atomic mass is 32.1. The third-order valence-electron chi connectivity index (χ3n) is 9.07. The Morgan fingerprint density at radius 2 is 0.898 bits per heavy atom. The molecule has 1 heteroatoms. The molecule has 264 valence electrons. The van der Waals surface area contributed by atoms with Crippen molar-refractivity contribution in [2.24, 2.45) is 0 Å². The summed E-state index contributed by atoms with van der Waals surface area (Å²) in [4.78, 5) is 1.04. The lowest BCUT2D eigenvalue weighted by Crippen LogP contribution is -2.11. The molecule has 49 heavy (non-hydrogen) atoms. The van der Waals surface area contributed by atoms with Crippen LogP contribution in [0.4, 0.5) is 0 Å². The van der Waals surface area contributed by atoms with Gasteiger partial charge in [-0.3, -0.25) is 0 Å². The van der Waals surface area contributed by atoms with Crippen LogP contribution in [0.3, 0.4) is 0 Å². The smallest absolute Gasteiger partial charge is 0.0125 e. The molecule has 0 aromatic heterocycles. The minimum absolute atomic E-state index is 0.119. The molecule has 0 bridgehead atoms. The molecular weight excluding hydrogens is 609 g/mol. The average Bonchev–Trinajstić information content (AvgIpc) is 3.10. The summed E-state index contributed by atoms with van der Waals surface area (Å²) >= 11 is 5.07. The van der Waals surface area contributed by atoms with Gasteiger partial charge >= 0.3 is 0 Å². The van der Waals surface area contributed by atoms with E-state index in [-0.39, 0.29) is 10.8 Å². The zero-order valence-corrected chi connectivity index (χ0v) is 35.0. The maximum atomic E-state index is 5.07. The Morgan fingerprint density at radius 3 is 1.39 bits per heavy atom. The van der Waals surface area contributed by atoms with Crippen molar-refractivity contribution >= 4 is 44.9 Å². The first-order valence-corrected chi connectivity index (χ1v) is 19.4. The third kappa shape index (κ3) is 8.37. The van der Waals surface area contributed by atoms with Gasteiger partial charge in [0.15, 0.2) is 0 Å². The predicted octanol–water partition coefficient (Wildman–Crippen LogP) is 16.1. The fourth-order valence-corrected chi connectivity index (χ4v) is 6.96. The highest BCUT2D eigenvalue weighted by Crippen LogP contribution is 2.48. The molecule has 0 N–H and O–H groups in total. The first-order chi connectivity index (χ1) is 23.3. The standard InChI is InChI=1S/C40H42S.4C2H6/c1-10-25-20-29(40(7,8)9)15-17-31(25)33-22-27-13-18-34(41)38-32(30-16-14-28(19-24(30)3)39(4,5)6)21-26-12-11-23(2)35(33)36(26)37(27)38;4*1-2/h11-22,41H,10H2,1-9H3;4*1-2H3. The van der Waals surface area contributed by atoms with Gasteiger partial charge in [-0.2, -0.15) is 0 Å². The monoisotopic (exact) mass is 674 g/mol. The van der Waals surface area contributed by atoms with Gasteiger partial charge < -0.3 is 0 Å². The number of aryl methyl sites for hydroxylation is 3. The highest BCUT2D eigenvalue weighted by molar-refractivity contribution is 7.80. The fourth-order valence-electron chi connectivity index (χ4n) is 6.66. The summed E-state index contributed by atoms with van der Waals surface area (Å²) in [5, 5.41) is 7.88. The summed E-state index contributed by atoms with van der Waals surface area (Å²) in [5.74, 6) is 0. The first-order valence-electron chi connectivity index (χ1n) is 19.0. The van der Waals surface area contributed by atoms with Crippen LogP contribution in [0.25, 0.3) is 54.6 Å². The molecule has 6 rings (SSSR count). The second-order valence-electron chi connectivity index (χ2n) is 14.0. The molecule has 0 aliphatic carbocycles. The summed E-state index contributed by atoms with van der Waals surface area (Å²) in [6.07, 6.45) is 1.01. The van der Waals surface area contributed by atoms with E-state index >= 15 is 0 Å². The van der Waals surface area contributed by atoms with Gasteiger partial charge in [0, 0.05) is 10.3 Å². The summed E-state index contributed by atoms with van der Waals surface area (Å²) in [5.41, 5.74) is 12.3. The number of hydrogen-bond donors (Lipinski definition) is 1. The predicted molar refractivity (Wildman–Crippen MR) is 230 cm³/mol. The Bertz CT molecular complexity index is 1960.